The molecule has 0 bridgehead atoms. The van der Waals surface area contributed by atoms with E-state index >= 15 is 0 Å². The third-order valence-electron chi connectivity index (χ3n) is 2.08. The summed E-state index contributed by atoms with van der Waals surface area (Å²) in [4.78, 5) is 0. The van der Waals surface area contributed by atoms with Crippen molar-refractivity contribution in [2.24, 2.45) is 0 Å². The molecule has 1 fully saturated rings. The average molecular weight is 197 g/mol. The third-order valence-corrected chi connectivity index (χ3v) is 2.08. The molecule has 3 unspecified atom stereocenters. The van der Waals surface area contributed by atoms with Crippen molar-refractivity contribution >= 4 is 0 Å². The summed E-state index contributed by atoms with van der Waals surface area (Å²) >= 11 is 0. The largest absolute Gasteiger partial charge is 0.389 e. The summed E-state index contributed by atoms with van der Waals surface area (Å²) in [6.45, 7) is 7.13. The normalized spacial score (nSPS) is 32.1. The Bertz CT molecular complexity index is 257. The Kier molecular flexibility index (Phi) is 3.27. The van der Waals surface area contributed by atoms with E-state index in [4.69, 9.17) is 14.7 Å². The molecular formula is C10H15NO3. The second-order valence-electron chi connectivity index (χ2n) is 3.73. The standard InChI is InChI=1S/C10H15NO3/c1-4-8-9(7(12)5-6-11)14-10(2,3)13-8/h4,7-9,12H,1,5H2,2-3H3. The van der Waals surface area contributed by atoms with Gasteiger partial charge in [0.2, 0.25) is 0 Å². The fourth-order valence-corrected chi connectivity index (χ4v) is 1.51. The minimum absolute atomic E-state index is 0.0362. The molecule has 4 nitrogen and oxygen atoms in total. The number of aliphatic hydroxyl groups excluding tert-OH is 1. The molecular weight excluding hydrogens is 182 g/mol. The molecule has 78 valence electrons. The van der Waals surface area contributed by atoms with Crippen molar-refractivity contribution in [2.75, 3.05) is 0 Å². The molecule has 0 aromatic rings. The zero-order chi connectivity index (χ0) is 10.8. The monoisotopic (exact) mass is 197 g/mol. The van der Waals surface area contributed by atoms with E-state index in [1.54, 1.807) is 19.9 Å². The van der Waals surface area contributed by atoms with Crippen molar-refractivity contribution in [3.8, 4) is 6.07 Å². The lowest BCUT2D eigenvalue weighted by molar-refractivity contribution is -0.153. The van der Waals surface area contributed by atoms with E-state index in [-0.39, 0.29) is 12.5 Å². The molecule has 0 radical (unpaired) electrons. The molecule has 1 aliphatic heterocycles. The number of ether oxygens (including phenoxy) is 2. The first-order valence-electron chi connectivity index (χ1n) is 4.53. The lowest BCUT2D eigenvalue weighted by atomic mass is 10.1. The fraction of sp³-hybridized carbons (Fsp3) is 0.700. The SMILES string of the molecule is C=CC1OC(C)(C)OC1C(O)CC#N. The lowest BCUT2D eigenvalue weighted by Crippen LogP contribution is -2.34. The minimum atomic E-state index is -0.829. The molecule has 0 aromatic heterocycles. The van der Waals surface area contributed by atoms with Crippen LogP contribution >= 0.6 is 0 Å². The van der Waals surface area contributed by atoms with Crippen LogP contribution in [0.3, 0.4) is 0 Å². The van der Waals surface area contributed by atoms with Crippen LogP contribution in [-0.2, 0) is 9.47 Å². The van der Waals surface area contributed by atoms with Crippen LogP contribution in [0, 0.1) is 11.3 Å². The Balaban J connectivity index is 2.69. The van der Waals surface area contributed by atoms with Crippen molar-refractivity contribution in [2.45, 2.75) is 44.4 Å². The van der Waals surface area contributed by atoms with Crippen LogP contribution in [0.2, 0.25) is 0 Å². The molecule has 4 heteroatoms. The van der Waals surface area contributed by atoms with E-state index in [1.165, 1.54) is 0 Å². The van der Waals surface area contributed by atoms with Crippen LogP contribution in [-0.4, -0.2) is 29.2 Å². The first-order valence-corrected chi connectivity index (χ1v) is 4.53. The lowest BCUT2D eigenvalue weighted by Gasteiger charge is -2.19. The molecule has 1 aliphatic rings. The van der Waals surface area contributed by atoms with E-state index in [0.717, 1.165) is 0 Å². The van der Waals surface area contributed by atoms with Gasteiger partial charge in [0.15, 0.2) is 5.79 Å². The zero-order valence-electron chi connectivity index (χ0n) is 8.43. The quantitative estimate of drug-likeness (QED) is 0.685. The van der Waals surface area contributed by atoms with Crippen LogP contribution in [0.5, 0.6) is 0 Å². The maximum Gasteiger partial charge on any atom is 0.164 e. The van der Waals surface area contributed by atoms with E-state index < -0.39 is 18.0 Å². The number of hydrogen-bond acceptors (Lipinski definition) is 4. The van der Waals surface area contributed by atoms with Gasteiger partial charge >= 0.3 is 0 Å². The first kappa shape index (κ1) is 11.2. The molecule has 1 heterocycles. The van der Waals surface area contributed by atoms with Crippen LogP contribution < -0.4 is 0 Å². The van der Waals surface area contributed by atoms with E-state index in [1.807, 2.05) is 6.07 Å². The van der Waals surface area contributed by atoms with E-state index in [0.29, 0.717) is 0 Å². The predicted octanol–water partition coefficient (Wildman–Crippen LogP) is 0.967. The molecule has 0 aliphatic carbocycles. The summed E-state index contributed by atoms with van der Waals surface area (Å²) in [7, 11) is 0. The van der Waals surface area contributed by atoms with Gasteiger partial charge in [-0.1, -0.05) is 6.08 Å². The van der Waals surface area contributed by atoms with Crippen LogP contribution in [0.15, 0.2) is 12.7 Å². The smallest absolute Gasteiger partial charge is 0.164 e. The predicted molar refractivity (Wildman–Crippen MR) is 50.3 cm³/mol. The number of hydrogen-bond donors (Lipinski definition) is 1. The topological polar surface area (TPSA) is 62.5 Å². The summed E-state index contributed by atoms with van der Waals surface area (Å²) in [6.07, 6.45) is -0.0608. The molecule has 0 spiro atoms. The average Bonchev–Trinajstić information content (AvgIpc) is 2.41. The van der Waals surface area contributed by atoms with Crippen molar-refractivity contribution in [3.05, 3.63) is 12.7 Å². The molecule has 1 saturated heterocycles. The highest BCUT2D eigenvalue weighted by molar-refractivity contribution is 4.98. The highest BCUT2D eigenvalue weighted by atomic mass is 16.8. The van der Waals surface area contributed by atoms with Crippen molar-refractivity contribution in [1.82, 2.24) is 0 Å². The van der Waals surface area contributed by atoms with Crippen LogP contribution in [0.25, 0.3) is 0 Å². The summed E-state index contributed by atoms with van der Waals surface area (Å²) in [5.41, 5.74) is 0. The third kappa shape index (κ3) is 2.32. The van der Waals surface area contributed by atoms with Gasteiger partial charge in [-0.15, -0.1) is 6.58 Å². The molecule has 1 N–H and O–H groups in total. The highest BCUT2D eigenvalue weighted by Gasteiger charge is 2.43. The van der Waals surface area contributed by atoms with Gasteiger partial charge < -0.3 is 14.6 Å². The second kappa shape index (κ2) is 4.09. The van der Waals surface area contributed by atoms with Gasteiger partial charge in [0.1, 0.15) is 12.2 Å². The molecule has 0 saturated carbocycles. The maximum absolute atomic E-state index is 9.61. The zero-order valence-corrected chi connectivity index (χ0v) is 8.43. The number of aliphatic hydroxyl groups is 1. The Labute approximate surface area is 83.7 Å². The Morgan fingerprint density at radius 3 is 2.79 bits per heavy atom. The molecule has 14 heavy (non-hydrogen) atoms. The Morgan fingerprint density at radius 2 is 2.29 bits per heavy atom. The number of rotatable bonds is 3. The van der Waals surface area contributed by atoms with Gasteiger partial charge in [-0.2, -0.15) is 5.26 Å². The van der Waals surface area contributed by atoms with Gasteiger partial charge in [-0.3, -0.25) is 0 Å². The van der Waals surface area contributed by atoms with Crippen LogP contribution in [0.4, 0.5) is 0 Å². The van der Waals surface area contributed by atoms with E-state index in [9.17, 15) is 5.11 Å². The fourth-order valence-electron chi connectivity index (χ4n) is 1.51. The minimum Gasteiger partial charge on any atom is -0.389 e. The van der Waals surface area contributed by atoms with Crippen molar-refractivity contribution in [3.63, 3.8) is 0 Å². The summed E-state index contributed by atoms with van der Waals surface area (Å²) in [5, 5.41) is 18.1. The van der Waals surface area contributed by atoms with Gasteiger partial charge in [0.05, 0.1) is 18.6 Å². The van der Waals surface area contributed by atoms with Crippen molar-refractivity contribution < 1.29 is 14.6 Å². The highest BCUT2D eigenvalue weighted by Crippen LogP contribution is 2.31. The van der Waals surface area contributed by atoms with E-state index in [2.05, 4.69) is 6.58 Å². The molecule has 3 atom stereocenters. The maximum atomic E-state index is 9.61. The van der Waals surface area contributed by atoms with Crippen molar-refractivity contribution in [1.29, 1.82) is 5.26 Å². The first-order chi connectivity index (χ1) is 6.50. The molecule has 0 aromatic carbocycles. The Morgan fingerprint density at radius 1 is 1.64 bits per heavy atom. The number of nitrogens with zero attached hydrogens (tertiary/aromatic N) is 1. The summed E-state index contributed by atoms with van der Waals surface area (Å²) in [6, 6.07) is 1.90. The van der Waals surface area contributed by atoms with Gasteiger partial charge in [-0.05, 0) is 13.8 Å². The summed E-state index contributed by atoms with van der Waals surface area (Å²) < 4.78 is 10.9. The van der Waals surface area contributed by atoms with Gasteiger partial charge in [0, 0.05) is 0 Å². The van der Waals surface area contributed by atoms with Gasteiger partial charge in [0.25, 0.3) is 0 Å². The van der Waals surface area contributed by atoms with Crippen LogP contribution in [0.1, 0.15) is 20.3 Å². The van der Waals surface area contributed by atoms with Gasteiger partial charge in [-0.25, -0.2) is 0 Å². The Hall–Kier alpha value is -0.890. The summed E-state index contributed by atoms with van der Waals surface area (Å²) in [5.74, 6) is -0.722. The molecule has 1 rings (SSSR count). The molecule has 0 amide bonds. The number of nitriles is 1. The second-order valence-corrected chi connectivity index (χ2v) is 3.73.